The van der Waals surface area contributed by atoms with Crippen LogP contribution >= 0.6 is 0 Å². The summed E-state index contributed by atoms with van der Waals surface area (Å²) in [5.41, 5.74) is 2.35. The quantitative estimate of drug-likeness (QED) is 0.534. The fourth-order valence-corrected chi connectivity index (χ4v) is 2.07. The van der Waals surface area contributed by atoms with Gasteiger partial charge in [0.05, 0.1) is 6.61 Å². The van der Waals surface area contributed by atoms with Gasteiger partial charge >= 0.3 is 0 Å². The van der Waals surface area contributed by atoms with Crippen LogP contribution in [0.15, 0.2) is 18.2 Å². The molecule has 1 fully saturated rings. The second-order valence-corrected chi connectivity index (χ2v) is 3.58. The van der Waals surface area contributed by atoms with E-state index in [0.29, 0.717) is 0 Å². The van der Waals surface area contributed by atoms with Crippen LogP contribution in [-0.2, 0) is 16.8 Å². The molecule has 0 aromatic heterocycles. The Morgan fingerprint density at radius 2 is 2.25 bits per heavy atom. The minimum Gasteiger partial charge on any atom is -0.364 e. The largest absolute Gasteiger partial charge is 0.364 e. The maximum atomic E-state index is 12.8. The zero-order valence-corrected chi connectivity index (χ0v) is 6.64. The summed E-state index contributed by atoms with van der Waals surface area (Å²) in [7, 11) is 0. The Balaban J connectivity index is 2.18. The highest BCUT2D eigenvalue weighted by atomic mass is 19.1. The Morgan fingerprint density at radius 3 is 3.00 bits per heavy atom. The zero-order valence-electron chi connectivity index (χ0n) is 6.64. The first-order valence-electron chi connectivity index (χ1n) is 4.23. The molecule has 0 saturated carbocycles. The number of fused-ring (bicyclic) bond motifs is 2. The summed E-state index contributed by atoms with van der Waals surface area (Å²) in [6, 6.07) is 5.02. The van der Waals surface area contributed by atoms with Crippen LogP contribution in [0.4, 0.5) is 4.39 Å². The van der Waals surface area contributed by atoms with Crippen LogP contribution in [0.1, 0.15) is 17.5 Å². The van der Waals surface area contributed by atoms with Crippen molar-refractivity contribution in [1.82, 2.24) is 0 Å². The molecule has 2 aliphatic rings. The van der Waals surface area contributed by atoms with Gasteiger partial charge in [0.1, 0.15) is 11.4 Å². The number of aryl methyl sites for hydroxylation is 1. The second kappa shape index (κ2) is 1.88. The van der Waals surface area contributed by atoms with Gasteiger partial charge in [-0.25, -0.2) is 4.39 Å². The molecule has 12 heavy (non-hydrogen) atoms. The van der Waals surface area contributed by atoms with E-state index < -0.39 is 0 Å². The molecule has 3 rings (SSSR count). The molecule has 0 radical (unpaired) electrons. The molecule has 1 saturated heterocycles. The molecule has 0 N–H and O–H groups in total. The SMILES string of the molecule is Fc1ccc2c(c1)CCC21CO1. The molecular weight excluding hydrogens is 155 g/mol. The Labute approximate surface area is 70.2 Å². The maximum Gasteiger partial charge on any atom is 0.123 e. The van der Waals surface area contributed by atoms with Crippen molar-refractivity contribution in [2.75, 3.05) is 6.61 Å². The van der Waals surface area contributed by atoms with E-state index in [1.54, 1.807) is 6.07 Å². The van der Waals surface area contributed by atoms with E-state index in [-0.39, 0.29) is 11.4 Å². The summed E-state index contributed by atoms with van der Waals surface area (Å²) < 4.78 is 18.2. The number of halogens is 1. The minimum absolute atomic E-state index is 0.00301. The third kappa shape index (κ3) is 0.707. The van der Waals surface area contributed by atoms with Gasteiger partial charge in [0, 0.05) is 0 Å². The summed E-state index contributed by atoms with van der Waals surface area (Å²) in [4.78, 5) is 0. The van der Waals surface area contributed by atoms with Gasteiger partial charge in [-0.1, -0.05) is 6.07 Å². The lowest BCUT2D eigenvalue weighted by Gasteiger charge is -2.02. The van der Waals surface area contributed by atoms with Crippen LogP contribution in [0.5, 0.6) is 0 Å². The van der Waals surface area contributed by atoms with Gasteiger partial charge in [0.25, 0.3) is 0 Å². The van der Waals surface area contributed by atoms with Crippen molar-refractivity contribution in [3.63, 3.8) is 0 Å². The number of rotatable bonds is 0. The molecule has 1 aromatic carbocycles. The summed E-state index contributed by atoms with van der Waals surface area (Å²) in [5.74, 6) is -0.133. The van der Waals surface area contributed by atoms with Crippen LogP contribution in [-0.4, -0.2) is 6.61 Å². The van der Waals surface area contributed by atoms with Crippen molar-refractivity contribution in [3.8, 4) is 0 Å². The molecule has 1 aliphatic heterocycles. The van der Waals surface area contributed by atoms with Crippen LogP contribution in [0.25, 0.3) is 0 Å². The molecule has 1 spiro atoms. The molecule has 0 bridgehead atoms. The molecule has 1 unspecified atom stereocenters. The Hall–Kier alpha value is -0.890. The molecule has 1 nitrogen and oxygen atoms in total. The van der Waals surface area contributed by atoms with Gasteiger partial charge in [-0.05, 0) is 36.1 Å². The van der Waals surface area contributed by atoms with E-state index in [0.717, 1.165) is 25.0 Å². The van der Waals surface area contributed by atoms with Crippen molar-refractivity contribution in [2.24, 2.45) is 0 Å². The average Bonchev–Trinajstić information content (AvgIpc) is 2.73. The zero-order chi connectivity index (χ0) is 8.18. The van der Waals surface area contributed by atoms with E-state index >= 15 is 0 Å². The van der Waals surface area contributed by atoms with E-state index in [1.807, 2.05) is 6.07 Å². The van der Waals surface area contributed by atoms with Gasteiger partial charge in [-0.2, -0.15) is 0 Å². The van der Waals surface area contributed by atoms with E-state index in [1.165, 1.54) is 11.6 Å². The summed E-state index contributed by atoms with van der Waals surface area (Å²) >= 11 is 0. The monoisotopic (exact) mass is 164 g/mol. The topological polar surface area (TPSA) is 12.5 Å². The normalized spacial score (nSPS) is 30.8. The van der Waals surface area contributed by atoms with Gasteiger partial charge in [-0.3, -0.25) is 0 Å². The Bertz CT molecular complexity index is 342. The fraction of sp³-hybridized carbons (Fsp3) is 0.400. The number of hydrogen-bond acceptors (Lipinski definition) is 1. The number of benzene rings is 1. The van der Waals surface area contributed by atoms with E-state index in [4.69, 9.17) is 4.74 Å². The Kier molecular flexibility index (Phi) is 1.04. The van der Waals surface area contributed by atoms with Crippen molar-refractivity contribution < 1.29 is 9.13 Å². The lowest BCUT2D eigenvalue weighted by atomic mass is 10.0. The number of hydrogen-bond donors (Lipinski definition) is 0. The van der Waals surface area contributed by atoms with Crippen LogP contribution in [0, 0.1) is 5.82 Å². The highest BCUT2D eigenvalue weighted by molar-refractivity contribution is 5.40. The number of epoxide rings is 1. The molecule has 2 heteroatoms. The molecular formula is C10H9FO. The standard InChI is InChI=1S/C10H9FO/c11-8-1-2-9-7(5-8)3-4-10(9)6-12-10/h1-2,5H,3-4,6H2. The van der Waals surface area contributed by atoms with Gasteiger partial charge < -0.3 is 4.74 Å². The highest BCUT2D eigenvalue weighted by Crippen LogP contribution is 2.49. The lowest BCUT2D eigenvalue weighted by Crippen LogP contribution is -2.01. The van der Waals surface area contributed by atoms with Crippen LogP contribution < -0.4 is 0 Å². The first-order valence-corrected chi connectivity index (χ1v) is 4.23. The lowest BCUT2D eigenvalue weighted by molar-refractivity contribution is 0.308. The molecule has 1 aliphatic carbocycles. The molecule has 1 aromatic rings. The highest BCUT2D eigenvalue weighted by Gasteiger charge is 2.50. The van der Waals surface area contributed by atoms with E-state index in [9.17, 15) is 4.39 Å². The summed E-state index contributed by atoms with van der Waals surface area (Å²) in [6.45, 7) is 0.825. The molecule has 62 valence electrons. The second-order valence-electron chi connectivity index (χ2n) is 3.58. The summed E-state index contributed by atoms with van der Waals surface area (Å²) in [5, 5.41) is 0. The fourth-order valence-electron chi connectivity index (χ4n) is 2.07. The predicted molar refractivity (Wildman–Crippen MR) is 42.4 cm³/mol. The van der Waals surface area contributed by atoms with Crippen molar-refractivity contribution in [1.29, 1.82) is 0 Å². The van der Waals surface area contributed by atoms with Crippen molar-refractivity contribution in [2.45, 2.75) is 18.4 Å². The van der Waals surface area contributed by atoms with Crippen molar-refractivity contribution >= 4 is 0 Å². The van der Waals surface area contributed by atoms with Gasteiger partial charge in [0.15, 0.2) is 0 Å². The van der Waals surface area contributed by atoms with Crippen molar-refractivity contribution in [3.05, 3.63) is 35.1 Å². The summed E-state index contributed by atoms with van der Waals surface area (Å²) in [6.07, 6.45) is 2.00. The average molecular weight is 164 g/mol. The molecule has 0 amide bonds. The van der Waals surface area contributed by atoms with Gasteiger partial charge in [-0.15, -0.1) is 0 Å². The van der Waals surface area contributed by atoms with Gasteiger partial charge in [0.2, 0.25) is 0 Å². The first kappa shape index (κ1) is 6.61. The van der Waals surface area contributed by atoms with Crippen LogP contribution in [0.3, 0.4) is 0 Å². The number of ether oxygens (including phenoxy) is 1. The third-order valence-electron chi connectivity index (χ3n) is 2.85. The minimum atomic E-state index is -0.133. The Morgan fingerprint density at radius 1 is 1.42 bits per heavy atom. The van der Waals surface area contributed by atoms with Crippen LogP contribution in [0.2, 0.25) is 0 Å². The third-order valence-corrected chi connectivity index (χ3v) is 2.85. The first-order chi connectivity index (χ1) is 5.80. The smallest absolute Gasteiger partial charge is 0.123 e. The predicted octanol–water partition coefficient (Wildman–Crippen LogP) is 2.00. The molecule has 1 atom stereocenters. The maximum absolute atomic E-state index is 12.8. The van der Waals surface area contributed by atoms with E-state index in [2.05, 4.69) is 0 Å². The molecule has 1 heterocycles.